The summed E-state index contributed by atoms with van der Waals surface area (Å²) in [4.78, 5) is 2.71. The number of aryl methyl sites for hydroxylation is 1. The van der Waals surface area contributed by atoms with Crippen molar-refractivity contribution in [2.75, 3.05) is 26.2 Å². The number of hydrogen-bond acceptors (Lipinski definition) is 2. The summed E-state index contributed by atoms with van der Waals surface area (Å²) in [5.41, 5.74) is 3.03. The molecule has 2 saturated heterocycles. The van der Waals surface area contributed by atoms with Gasteiger partial charge < -0.3 is 9.64 Å². The first-order chi connectivity index (χ1) is 11.8. The second-order valence-corrected chi connectivity index (χ2v) is 8.45. The molecule has 2 nitrogen and oxygen atoms in total. The summed E-state index contributed by atoms with van der Waals surface area (Å²) in [6.07, 6.45) is 10.8. The van der Waals surface area contributed by atoms with Gasteiger partial charge in [0.15, 0.2) is 0 Å². The summed E-state index contributed by atoms with van der Waals surface area (Å²) in [6, 6.07) is 9.35. The maximum atomic E-state index is 6.61. The summed E-state index contributed by atoms with van der Waals surface area (Å²) in [5.74, 6) is 1.27. The van der Waals surface area contributed by atoms with Gasteiger partial charge in [-0.2, -0.15) is 0 Å². The highest BCUT2D eigenvalue weighted by molar-refractivity contribution is 5.29. The first-order valence-corrected chi connectivity index (χ1v) is 10.2. The zero-order valence-corrected chi connectivity index (χ0v) is 15.3. The highest BCUT2D eigenvalue weighted by atomic mass is 16.5. The molecule has 3 fully saturated rings. The van der Waals surface area contributed by atoms with E-state index in [1.54, 1.807) is 0 Å². The van der Waals surface area contributed by atoms with Crippen molar-refractivity contribution in [1.29, 1.82) is 0 Å². The fourth-order valence-corrected chi connectivity index (χ4v) is 5.48. The molecular formula is C22H33NO. The molecule has 0 aromatic heterocycles. The van der Waals surface area contributed by atoms with Crippen LogP contribution in [-0.2, 0) is 4.74 Å². The summed E-state index contributed by atoms with van der Waals surface area (Å²) in [6.45, 7) is 6.99. The van der Waals surface area contributed by atoms with E-state index < -0.39 is 0 Å². The van der Waals surface area contributed by atoms with E-state index in [0.717, 1.165) is 6.61 Å². The van der Waals surface area contributed by atoms with Gasteiger partial charge in [0.2, 0.25) is 0 Å². The van der Waals surface area contributed by atoms with Crippen LogP contribution in [0.4, 0.5) is 0 Å². The van der Waals surface area contributed by atoms with Crippen LogP contribution in [0.15, 0.2) is 24.3 Å². The van der Waals surface area contributed by atoms with Crippen molar-refractivity contribution in [2.24, 2.45) is 5.92 Å². The molecule has 0 radical (unpaired) electrons. The number of nitrogens with zero attached hydrogens (tertiary/aromatic N) is 1. The van der Waals surface area contributed by atoms with Crippen LogP contribution >= 0.6 is 0 Å². The standard InChI is InChI=1S/C22H33NO/c1-18-8-10-19(11-9-18)21-20(16-23-14-6-3-7-15-23)17-24-22(21)12-4-2-5-13-22/h8-11,20-21H,2-7,12-17H2,1H3. The van der Waals surface area contributed by atoms with Gasteiger partial charge in [0.05, 0.1) is 12.2 Å². The lowest BCUT2D eigenvalue weighted by Gasteiger charge is -2.40. The molecule has 0 amide bonds. The molecular weight excluding hydrogens is 294 g/mol. The lowest BCUT2D eigenvalue weighted by Crippen LogP contribution is -2.41. The van der Waals surface area contributed by atoms with Crippen LogP contribution in [0.2, 0.25) is 0 Å². The molecule has 2 atom stereocenters. The van der Waals surface area contributed by atoms with Crippen molar-refractivity contribution < 1.29 is 4.74 Å². The number of piperidine rings is 1. The van der Waals surface area contributed by atoms with Crippen LogP contribution in [0.1, 0.15) is 68.4 Å². The number of benzene rings is 1. The van der Waals surface area contributed by atoms with Gasteiger partial charge in [-0.05, 0) is 51.3 Å². The number of likely N-dealkylation sites (tertiary alicyclic amines) is 1. The first-order valence-electron chi connectivity index (χ1n) is 10.2. The first kappa shape index (κ1) is 16.6. The topological polar surface area (TPSA) is 12.5 Å². The van der Waals surface area contributed by atoms with Gasteiger partial charge in [-0.1, -0.05) is 55.5 Å². The number of hydrogen-bond donors (Lipinski definition) is 0. The summed E-state index contributed by atoms with van der Waals surface area (Å²) < 4.78 is 6.61. The molecule has 1 saturated carbocycles. The molecule has 0 N–H and O–H groups in total. The smallest absolute Gasteiger partial charge is 0.0754 e. The highest BCUT2D eigenvalue weighted by Crippen LogP contribution is 2.51. The third-order valence-corrected chi connectivity index (χ3v) is 6.70. The Hall–Kier alpha value is -0.860. The average Bonchev–Trinajstić information content (AvgIpc) is 2.95. The molecule has 0 bridgehead atoms. The van der Waals surface area contributed by atoms with Gasteiger partial charge >= 0.3 is 0 Å². The van der Waals surface area contributed by atoms with Crippen molar-refractivity contribution in [3.8, 4) is 0 Å². The zero-order valence-electron chi connectivity index (χ0n) is 15.3. The second kappa shape index (κ2) is 7.17. The van der Waals surface area contributed by atoms with E-state index in [4.69, 9.17) is 4.74 Å². The highest BCUT2D eigenvalue weighted by Gasteiger charge is 2.50. The molecule has 132 valence electrons. The molecule has 2 unspecified atom stereocenters. The van der Waals surface area contributed by atoms with Crippen molar-refractivity contribution >= 4 is 0 Å². The van der Waals surface area contributed by atoms with Crippen LogP contribution < -0.4 is 0 Å². The third kappa shape index (κ3) is 3.28. The van der Waals surface area contributed by atoms with Crippen LogP contribution in [0.25, 0.3) is 0 Å². The Morgan fingerprint density at radius 2 is 1.62 bits per heavy atom. The van der Waals surface area contributed by atoms with Crippen LogP contribution in [0, 0.1) is 12.8 Å². The van der Waals surface area contributed by atoms with E-state index in [0.29, 0.717) is 11.8 Å². The normalized spacial score (nSPS) is 30.7. The van der Waals surface area contributed by atoms with Crippen molar-refractivity contribution in [1.82, 2.24) is 4.90 Å². The molecule has 3 aliphatic rings. The summed E-state index contributed by atoms with van der Waals surface area (Å²) >= 11 is 0. The van der Waals surface area contributed by atoms with E-state index in [9.17, 15) is 0 Å². The van der Waals surface area contributed by atoms with Gasteiger partial charge in [-0.3, -0.25) is 0 Å². The maximum absolute atomic E-state index is 6.61. The van der Waals surface area contributed by atoms with Gasteiger partial charge in [0.25, 0.3) is 0 Å². The predicted octanol–water partition coefficient (Wildman–Crippen LogP) is 4.91. The van der Waals surface area contributed by atoms with Gasteiger partial charge in [0, 0.05) is 18.4 Å². The molecule has 1 aromatic carbocycles. The fourth-order valence-electron chi connectivity index (χ4n) is 5.48. The Morgan fingerprint density at radius 1 is 0.958 bits per heavy atom. The van der Waals surface area contributed by atoms with E-state index >= 15 is 0 Å². The minimum Gasteiger partial charge on any atom is -0.374 e. The third-order valence-electron chi connectivity index (χ3n) is 6.70. The largest absolute Gasteiger partial charge is 0.374 e. The monoisotopic (exact) mass is 327 g/mol. The molecule has 1 aliphatic carbocycles. The van der Waals surface area contributed by atoms with Crippen molar-refractivity contribution in [3.05, 3.63) is 35.4 Å². The molecule has 2 heteroatoms. The van der Waals surface area contributed by atoms with Gasteiger partial charge in [-0.15, -0.1) is 0 Å². The van der Waals surface area contributed by atoms with E-state index in [1.807, 2.05) is 0 Å². The minimum absolute atomic E-state index is 0.133. The van der Waals surface area contributed by atoms with Gasteiger partial charge in [-0.25, -0.2) is 0 Å². The predicted molar refractivity (Wildman–Crippen MR) is 99.5 cm³/mol. The molecule has 1 aromatic rings. The van der Waals surface area contributed by atoms with Gasteiger partial charge in [0.1, 0.15) is 0 Å². The second-order valence-electron chi connectivity index (χ2n) is 8.45. The molecule has 1 spiro atoms. The Morgan fingerprint density at radius 3 is 2.33 bits per heavy atom. The van der Waals surface area contributed by atoms with E-state index in [-0.39, 0.29) is 5.60 Å². The SMILES string of the molecule is Cc1ccc(C2C(CN3CCCCC3)COC23CCCCC3)cc1. The zero-order chi connectivity index (χ0) is 16.4. The van der Waals surface area contributed by atoms with E-state index in [1.165, 1.54) is 82.1 Å². The fraction of sp³-hybridized carbons (Fsp3) is 0.727. The Balaban J connectivity index is 1.58. The summed E-state index contributed by atoms with van der Waals surface area (Å²) in [5, 5.41) is 0. The minimum atomic E-state index is 0.133. The van der Waals surface area contributed by atoms with Crippen molar-refractivity contribution in [3.63, 3.8) is 0 Å². The Kier molecular flexibility index (Phi) is 4.96. The average molecular weight is 328 g/mol. The molecule has 4 rings (SSSR count). The van der Waals surface area contributed by atoms with Crippen LogP contribution in [0.3, 0.4) is 0 Å². The molecule has 2 aliphatic heterocycles. The van der Waals surface area contributed by atoms with Crippen LogP contribution in [0.5, 0.6) is 0 Å². The number of rotatable bonds is 3. The summed E-state index contributed by atoms with van der Waals surface area (Å²) in [7, 11) is 0. The van der Waals surface area contributed by atoms with Crippen molar-refractivity contribution in [2.45, 2.75) is 69.8 Å². The lowest BCUT2D eigenvalue weighted by atomic mass is 9.69. The molecule has 2 heterocycles. The number of ether oxygens (including phenoxy) is 1. The van der Waals surface area contributed by atoms with Crippen LogP contribution in [-0.4, -0.2) is 36.7 Å². The quantitative estimate of drug-likeness (QED) is 0.782. The molecule has 24 heavy (non-hydrogen) atoms. The Labute approximate surface area is 147 Å². The van der Waals surface area contributed by atoms with E-state index in [2.05, 4.69) is 36.1 Å². The maximum Gasteiger partial charge on any atom is 0.0754 e. The Bertz CT molecular complexity index is 525. The lowest BCUT2D eigenvalue weighted by molar-refractivity contribution is -0.0341.